The minimum Gasteiger partial charge on any atom is -0.279 e. The Balaban J connectivity index is 0.000000222. The van der Waals surface area contributed by atoms with E-state index in [0.29, 0.717) is 0 Å². The van der Waals surface area contributed by atoms with Crippen LogP contribution in [0.15, 0.2) is 18.5 Å². The zero-order chi connectivity index (χ0) is 6.24. The van der Waals surface area contributed by atoms with Crippen LogP contribution in [0.25, 0.3) is 0 Å². The molecule has 0 fully saturated rings. The van der Waals surface area contributed by atoms with Crippen molar-refractivity contribution in [2.75, 3.05) is 0 Å². The van der Waals surface area contributed by atoms with E-state index in [0.717, 1.165) is 0 Å². The molecule has 0 radical (unpaired) electrons. The molecule has 0 saturated carbocycles. The van der Waals surface area contributed by atoms with Crippen molar-refractivity contribution in [2.45, 2.75) is 0 Å². The van der Waals surface area contributed by atoms with Crippen molar-refractivity contribution in [1.82, 2.24) is 15.4 Å². The second-order valence-electron chi connectivity index (χ2n) is 0.811. The zero-order valence-electron chi connectivity index (χ0n) is 3.98. The van der Waals surface area contributed by atoms with Gasteiger partial charge < -0.3 is 0 Å². The van der Waals surface area contributed by atoms with Gasteiger partial charge in [0.1, 0.15) is 9.12 Å². The van der Waals surface area contributed by atoms with Crippen molar-refractivity contribution >= 4 is 9.12 Å². The first kappa shape index (κ1) is 7.11. The highest BCUT2D eigenvalue weighted by Crippen LogP contribution is 1.61. The third-order valence-electron chi connectivity index (χ3n) is 0.409. The number of hydrogen-bond acceptors (Lipinski definition) is 4. The topological polar surface area (TPSA) is 55.7 Å². The standard InChI is InChI=1S/C3H3N3.HOP/c1-2-4-6-5-3-1;1-2/h1-3H;2H. The van der Waals surface area contributed by atoms with Gasteiger partial charge in [-0.15, -0.1) is 10.2 Å². The molecule has 1 aromatic heterocycles. The van der Waals surface area contributed by atoms with Gasteiger partial charge in [-0.2, -0.15) is 0 Å². The fourth-order valence-electron chi connectivity index (χ4n) is 0.205. The van der Waals surface area contributed by atoms with E-state index in [1.165, 1.54) is 0 Å². The lowest BCUT2D eigenvalue weighted by Crippen LogP contribution is -1.78. The van der Waals surface area contributed by atoms with Gasteiger partial charge in [0, 0.05) is 0 Å². The van der Waals surface area contributed by atoms with Gasteiger partial charge in [-0.05, 0) is 11.3 Å². The van der Waals surface area contributed by atoms with Crippen LogP contribution in [0.2, 0.25) is 0 Å². The summed E-state index contributed by atoms with van der Waals surface area (Å²) in [4.78, 5) is 0. The molecule has 1 aromatic rings. The van der Waals surface area contributed by atoms with Crippen LogP contribution in [0.1, 0.15) is 0 Å². The normalized spacial score (nSPS) is 6.50. The summed E-state index contributed by atoms with van der Waals surface area (Å²) >= 11 is 0. The Kier molecular flexibility index (Phi) is 5.43. The quantitative estimate of drug-likeness (QED) is 0.474. The lowest BCUT2D eigenvalue weighted by atomic mass is 10.7. The molecule has 1 heterocycles. The molecule has 42 valence electrons. The molecular formula is C3H4N3OP. The summed E-state index contributed by atoms with van der Waals surface area (Å²) in [6, 6.07) is 1.72. The summed E-state index contributed by atoms with van der Waals surface area (Å²) in [6.07, 6.45) is 3.15. The van der Waals surface area contributed by atoms with Crippen LogP contribution in [0.5, 0.6) is 0 Å². The molecule has 0 aliphatic heterocycles. The third-order valence-corrected chi connectivity index (χ3v) is 0.409. The Morgan fingerprint density at radius 3 is 1.75 bits per heavy atom. The minimum absolute atomic E-state index is 1.58. The van der Waals surface area contributed by atoms with Gasteiger partial charge in [0.25, 0.3) is 0 Å². The third kappa shape index (κ3) is 3.31. The molecule has 5 heteroatoms. The average molecular weight is 129 g/mol. The molecular weight excluding hydrogens is 125 g/mol. The number of aromatic nitrogens is 3. The SMILES string of the molecule is O=P.c1cnnnc1. The molecule has 0 amide bonds. The summed E-state index contributed by atoms with van der Waals surface area (Å²) in [7, 11) is 1.72. The molecule has 4 nitrogen and oxygen atoms in total. The minimum atomic E-state index is 1.58. The largest absolute Gasteiger partial charge is 0.279 e. The van der Waals surface area contributed by atoms with Crippen LogP contribution < -0.4 is 0 Å². The van der Waals surface area contributed by atoms with E-state index in [9.17, 15) is 0 Å². The molecule has 0 atom stereocenters. The first-order chi connectivity index (χ1) is 4.00. The molecule has 1 rings (SSSR count). The molecule has 0 bridgehead atoms. The summed E-state index contributed by atoms with van der Waals surface area (Å²) in [5.74, 6) is 0. The first-order valence-corrected chi connectivity index (χ1v) is 2.20. The fourth-order valence-corrected chi connectivity index (χ4v) is 0.205. The molecule has 0 saturated heterocycles. The van der Waals surface area contributed by atoms with Crippen molar-refractivity contribution < 1.29 is 4.57 Å². The van der Waals surface area contributed by atoms with Crippen molar-refractivity contribution in [2.24, 2.45) is 0 Å². The number of rotatable bonds is 0. The van der Waals surface area contributed by atoms with Gasteiger partial charge in [0.2, 0.25) is 0 Å². The van der Waals surface area contributed by atoms with Crippen molar-refractivity contribution in [1.29, 1.82) is 0 Å². The summed E-state index contributed by atoms with van der Waals surface area (Å²) in [5, 5.41) is 10.1. The Morgan fingerprint density at radius 1 is 1.12 bits per heavy atom. The Morgan fingerprint density at radius 2 is 1.62 bits per heavy atom. The van der Waals surface area contributed by atoms with Crippen LogP contribution >= 0.6 is 9.12 Å². The molecule has 0 spiro atoms. The lowest BCUT2D eigenvalue weighted by Gasteiger charge is -1.68. The molecule has 0 aliphatic rings. The van der Waals surface area contributed by atoms with E-state index < -0.39 is 0 Å². The Labute approximate surface area is 48.6 Å². The molecule has 0 N–H and O–H groups in total. The highest BCUT2D eigenvalue weighted by molar-refractivity contribution is 7.00. The number of hydrogen-bond donors (Lipinski definition) is 0. The van der Waals surface area contributed by atoms with Gasteiger partial charge in [0.15, 0.2) is 0 Å². The summed E-state index contributed by atoms with van der Waals surface area (Å²) < 4.78 is 8.06. The van der Waals surface area contributed by atoms with Crippen molar-refractivity contribution in [3.63, 3.8) is 0 Å². The highest BCUT2D eigenvalue weighted by Gasteiger charge is 1.60. The van der Waals surface area contributed by atoms with Crippen LogP contribution in [0.3, 0.4) is 0 Å². The van der Waals surface area contributed by atoms with Gasteiger partial charge >= 0.3 is 0 Å². The predicted octanol–water partition coefficient (Wildman–Crippen LogP) is 0.346. The van der Waals surface area contributed by atoms with E-state index in [4.69, 9.17) is 4.57 Å². The van der Waals surface area contributed by atoms with Gasteiger partial charge in [-0.1, -0.05) is 0 Å². The predicted molar refractivity (Wildman–Crippen MR) is 28.8 cm³/mol. The monoisotopic (exact) mass is 129 g/mol. The van der Waals surface area contributed by atoms with Crippen molar-refractivity contribution in [3.8, 4) is 0 Å². The van der Waals surface area contributed by atoms with Crippen LogP contribution in [-0.2, 0) is 4.57 Å². The van der Waals surface area contributed by atoms with Crippen LogP contribution in [-0.4, -0.2) is 15.4 Å². The lowest BCUT2D eigenvalue weighted by molar-refractivity contribution is 0.607. The molecule has 0 aliphatic carbocycles. The molecule has 8 heavy (non-hydrogen) atoms. The van der Waals surface area contributed by atoms with E-state index in [2.05, 4.69) is 15.4 Å². The van der Waals surface area contributed by atoms with E-state index in [1.807, 2.05) is 0 Å². The average Bonchev–Trinajstić information content (AvgIpc) is 1.96. The molecule has 0 aromatic carbocycles. The summed E-state index contributed by atoms with van der Waals surface area (Å²) in [6.45, 7) is 0. The fraction of sp³-hybridized carbons (Fsp3) is 0. The summed E-state index contributed by atoms with van der Waals surface area (Å²) in [5.41, 5.74) is 0. The maximum atomic E-state index is 8.06. The van der Waals surface area contributed by atoms with Crippen LogP contribution in [0, 0.1) is 0 Å². The van der Waals surface area contributed by atoms with Gasteiger partial charge in [-0.3, -0.25) is 4.57 Å². The van der Waals surface area contributed by atoms with E-state index >= 15 is 0 Å². The highest BCUT2D eigenvalue weighted by atomic mass is 31.0. The van der Waals surface area contributed by atoms with Gasteiger partial charge in [0.05, 0.1) is 12.4 Å². The van der Waals surface area contributed by atoms with Crippen molar-refractivity contribution in [3.05, 3.63) is 18.5 Å². The number of nitrogens with zero attached hydrogens (tertiary/aromatic N) is 3. The van der Waals surface area contributed by atoms with E-state index in [1.54, 1.807) is 27.6 Å². The molecule has 0 unspecified atom stereocenters. The van der Waals surface area contributed by atoms with Crippen LogP contribution in [0.4, 0.5) is 0 Å². The Bertz CT molecular complexity index is 97.4. The Hall–Kier alpha value is -0.890. The second kappa shape index (κ2) is 6.11. The smallest absolute Gasteiger partial charge is 0.138 e. The second-order valence-corrected chi connectivity index (χ2v) is 0.811. The van der Waals surface area contributed by atoms with E-state index in [-0.39, 0.29) is 0 Å². The first-order valence-electron chi connectivity index (χ1n) is 1.79. The zero-order valence-corrected chi connectivity index (χ0v) is 4.98. The maximum Gasteiger partial charge on any atom is 0.138 e. The maximum absolute atomic E-state index is 8.06. The van der Waals surface area contributed by atoms with Gasteiger partial charge in [-0.25, -0.2) is 0 Å².